The number of nitrogens with one attached hydrogen (secondary N) is 2. The van der Waals surface area contributed by atoms with E-state index in [9.17, 15) is 14.4 Å². The van der Waals surface area contributed by atoms with Crippen LogP contribution in [0.2, 0.25) is 0 Å². The van der Waals surface area contributed by atoms with Gasteiger partial charge in [0.15, 0.2) is 17.3 Å². The Balaban J connectivity index is 1.46. The number of carbonyl (C=O) groups excluding carboxylic acids is 3. The average molecular weight is 523 g/mol. The van der Waals surface area contributed by atoms with E-state index in [-0.39, 0.29) is 19.6 Å². The van der Waals surface area contributed by atoms with Gasteiger partial charge in [0.25, 0.3) is 0 Å². The van der Waals surface area contributed by atoms with Gasteiger partial charge in [-0.25, -0.2) is 4.79 Å². The van der Waals surface area contributed by atoms with E-state index in [2.05, 4.69) is 10.6 Å². The largest absolute Gasteiger partial charge is 0.469 e. The number of rotatable bonds is 8. The molecule has 37 heavy (non-hydrogen) atoms. The molecule has 2 amide bonds. The number of hydrogen-bond donors (Lipinski definition) is 2. The summed E-state index contributed by atoms with van der Waals surface area (Å²) in [5, 5.41) is 5.14. The molecule has 3 saturated heterocycles. The Labute approximate surface area is 215 Å². The van der Waals surface area contributed by atoms with Crippen molar-refractivity contribution in [1.82, 2.24) is 10.6 Å². The highest BCUT2D eigenvalue weighted by Crippen LogP contribution is 2.47. The van der Waals surface area contributed by atoms with Crippen molar-refractivity contribution in [2.75, 3.05) is 20.3 Å². The van der Waals surface area contributed by atoms with Crippen molar-refractivity contribution >= 4 is 18.0 Å². The summed E-state index contributed by atoms with van der Waals surface area (Å²) in [5.41, 5.74) is -0.836. The first kappa shape index (κ1) is 27.3. The second-order valence-corrected chi connectivity index (χ2v) is 10.1. The Morgan fingerprint density at radius 1 is 0.973 bits per heavy atom. The van der Waals surface area contributed by atoms with Crippen LogP contribution in [0.15, 0.2) is 30.3 Å². The Bertz CT molecular complexity index is 1000. The van der Waals surface area contributed by atoms with Gasteiger partial charge in [-0.1, -0.05) is 30.3 Å². The Morgan fingerprint density at radius 2 is 1.70 bits per heavy atom. The van der Waals surface area contributed by atoms with Crippen molar-refractivity contribution in [2.45, 2.75) is 82.4 Å². The van der Waals surface area contributed by atoms with Crippen molar-refractivity contribution < 1.29 is 47.5 Å². The second-order valence-electron chi connectivity index (χ2n) is 10.1. The maximum absolute atomic E-state index is 13.0. The molecule has 1 aromatic rings. The molecule has 3 fully saturated rings. The van der Waals surface area contributed by atoms with Gasteiger partial charge in [-0.2, -0.15) is 0 Å². The van der Waals surface area contributed by atoms with E-state index in [1.54, 1.807) is 27.7 Å². The molecule has 2 N–H and O–H groups in total. The first-order valence-corrected chi connectivity index (χ1v) is 12.1. The first-order valence-electron chi connectivity index (χ1n) is 12.1. The molecule has 0 aliphatic carbocycles. The predicted molar refractivity (Wildman–Crippen MR) is 126 cm³/mol. The molecule has 12 heteroatoms. The minimum Gasteiger partial charge on any atom is -0.469 e. The van der Waals surface area contributed by atoms with Crippen LogP contribution < -0.4 is 10.6 Å². The van der Waals surface area contributed by atoms with Crippen molar-refractivity contribution in [3.05, 3.63) is 35.9 Å². The van der Waals surface area contributed by atoms with Crippen LogP contribution >= 0.6 is 0 Å². The number of hydrogen-bond acceptors (Lipinski definition) is 10. The fraction of sp³-hybridized carbons (Fsp3) is 0.640. The minimum absolute atomic E-state index is 0.0508. The zero-order valence-electron chi connectivity index (χ0n) is 21.6. The van der Waals surface area contributed by atoms with Gasteiger partial charge in [0.1, 0.15) is 37.6 Å². The summed E-state index contributed by atoms with van der Waals surface area (Å²) in [6, 6.07) is 9.13. The second kappa shape index (κ2) is 10.5. The third kappa shape index (κ3) is 6.39. The minimum atomic E-state index is -1.64. The normalized spacial score (nSPS) is 31.4. The maximum Gasteiger partial charge on any atom is 0.407 e. The molecule has 0 radical (unpaired) electrons. The smallest absolute Gasteiger partial charge is 0.407 e. The standard InChI is InChI=1S/C25H34N2O10/c1-23(2)33-14-16(34-23)19-20-21(37-24(3,4)35-20)25(36-19,11-18(29)31-5)27-17(28)12-26-22(30)32-13-15-9-7-6-8-10-15/h6-10,16,19-21H,11-14H2,1-5H3,(H,26,30)(H,27,28)/t16-,19+,20-,21-,25-/m1/s1. The highest BCUT2D eigenvalue weighted by Gasteiger charge is 2.66. The third-order valence-corrected chi connectivity index (χ3v) is 6.25. The quantitative estimate of drug-likeness (QED) is 0.481. The van der Waals surface area contributed by atoms with E-state index < -0.39 is 66.2 Å². The zero-order valence-corrected chi connectivity index (χ0v) is 21.6. The predicted octanol–water partition coefficient (Wildman–Crippen LogP) is 1.36. The van der Waals surface area contributed by atoms with E-state index >= 15 is 0 Å². The van der Waals surface area contributed by atoms with Crippen molar-refractivity contribution in [3.63, 3.8) is 0 Å². The fourth-order valence-corrected chi connectivity index (χ4v) is 4.71. The van der Waals surface area contributed by atoms with Gasteiger partial charge in [-0.3, -0.25) is 9.59 Å². The highest BCUT2D eigenvalue weighted by molar-refractivity contribution is 5.83. The molecular formula is C25H34N2O10. The Morgan fingerprint density at radius 3 is 2.35 bits per heavy atom. The SMILES string of the molecule is COC(=O)C[C@@]1(NC(=O)CNC(=O)OCc2ccccc2)O[C@@H]([C@H]2COC(C)(C)O2)[C@H]2OC(C)(C)O[C@H]21. The van der Waals surface area contributed by atoms with Crippen LogP contribution in [-0.4, -0.2) is 79.9 Å². The number of methoxy groups -OCH3 is 1. The molecule has 0 aromatic heterocycles. The van der Waals surface area contributed by atoms with Crippen molar-refractivity contribution in [2.24, 2.45) is 0 Å². The van der Waals surface area contributed by atoms with Crippen LogP contribution in [0, 0.1) is 0 Å². The summed E-state index contributed by atoms with van der Waals surface area (Å²) >= 11 is 0. The number of esters is 1. The molecule has 0 unspecified atom stereocenters. The van der Waals surface area contributed by atoms with Gasteiger partial charge in [0.2, 0.25) is 5.91 Å². The Hall–Kier alpha value is -2.77. The molecule has 204 valence electrons. The molecule has 0 spiro atoms. The van der Waals surface area contributed by atoms with E-state index in [4.69, 9.17) is 33.2 Å². The van der Waals surface area contributed by atoms with E-state index in [1.165, 1.54) is 7.11 Å². The van der Waals surface area contributed by atoms with Crippen LogP contribution in [0.4, 0.5) is 4.79 Å². The third-order valence-electron chi connectivity index (χ3n) is 6.25. The van der Waals surface area contributed by atoms with E-state index in [0.29, 0.717) is 0 Å². The summed E-state index contributed by atoms with van der Waals surface area (Å²) < 4.78 is 40.2. The summed E-state index contributed by atoms with van der Waals surface area (Å²) in [6.07, 6.45) is -3.93. The Kier molecular flexibility index (Phi) is 7.77. The number of alkyl carbamates (subject to hydrolysis) is 1. The number of carbonyl (C=O) groups is 3. The van der Waals surface area contributed by atoms with Crippen LogP contribution in [0.5, 0.6) is 0 Å². The molecule has 1 aromatic carbocycles. The van der Waals surface area contributed by atoms with Gasteiger partial charge in [-0.15, -0.1) is 0 Å². The molecule has 0 bridgehead atoms. The number of amides is 2. The van der Waals surface area contributed by atoms with Gasteiger partial charge in [-0.05, 0) is 33.3 Å². The molecule has 3 heterocycles. The zero-order chi connectivity index (χ0) is 26.8. The molecule has 12 nitrogen and oxygen atoms in total. The van der Waals surface area contributed by atoms with Crippen molar-refractivity contribution in [3.8, 4) is 0 Å². The lowest BCUT2D eigenvalue weighted by atomic mass is 9.97. The van der Waals surface area contributed by atoms with Gasteiger partial charge >= 0.3 is 12.1 Å². The van der Waals surface area contributed by atoms with Crippen LogP contribution in [0.3, 0.4) is 0 Å². The summed E-state index contributed by atoms with van der Waals surface area (Å²) in [7, 11) is 1.23. The lowest BCUT2D eigenvalue weighted by Gasteiger charge is -2.35. The van der Waals surface area contributed by atoms with Crippen LogP contribution in [0.1, 0.15) is 39.7 Å². The monoisotopic (exact) mass is 522 g/mol. The van der Waals surface area contributed by atoms with E-state index in [0.717, 1.165) is 5.56 Å². The molecule has 5 atom stereocenters. The molecule has 4 rings (SSSR count). The van der Waals surface area contributed by atoms with E-state index in [1.807, 2.05) is 30.3 Å². The molecular weight excluding hydrogens is 488 g/mol. The summed E-state index contributed by atoms with van der Waals surface area (Å²) in [4.78, 5) is 37.5. The van der Waals surface area contributed by atoms with Gasteiger partial charge in [0.05, 0.1) is 20.1 Å². The molecule has 0 saturated carbocycles. The highest BCUT2D eigenvalue weighted by atomic mass is 16.8. The number of ether oxygens (including phenoxy) is 7. The number of benzene rings is 1. The summed E-state index contributed by atoms with van der Waals surface area (Å²) in [5.74, 6) is -3.11. The molecule has 3 aliphatic rings. The maximum atomic E-state index is 13.0. The summed E-state index contributed by atoms with van der Waals surface area (Å²) in [6.45, 7) is 6.86. The fourth-order valence-electron chi connectivity index (χ4n) is 4.71. The van der Waals surface area contributed by atoms with Crippen molar-refractivity contribution in [1.29, 1.82) is 0 Å². The first-order chi connectivity index (χ1) is 17.4. The van der Waals surface area contributed by atoms with Gasteiger partial charge in [0, 0.05) is 0 Å². The van der Waals surface area contributed by atoms with Crippen LogP contribution in [0.25, 0.3) is 0 Å². The number of fused-ring (bicyclic) bond motifs is 1. The lowest BCUT2D eigenvalue weighted by Crippen LogP contribution is -2.59. The lowest BCUT2D eigenvalue weighted by molar-refractivity contribution is -0.235. The topological polar surface area (TPSA) is 140 Å². The average Bonchev–Trinajstić information content (AvgIpc) is 3.46. The molecule has 3 aliphatic heterocycles. The van der Waals surface area contributed by atoms with Gasteiger partial charge < -0.3 is 43.8 Å². The van der Waals surface area contributed by atoms with Crippen LogP contribution in [-0.2, 0) is 49.4 Å².